The van der Waals surface area contributed by atoms with Crippen LogP contribution in [0.15, 0.2) is 66.9 Å². The van der Waals surface area contributed by atoms with Gasteiger partial charge >= 0.3 is 6.09 Å². The number of para-hydroxylation sites is 1. The Kier molecular flexibility index (Phi) is 16.3. The summed E-state index contributed by atoms with van der Waals surface area (Å²) in [5, 5.41) is 0.459. The normalized spacial score (nSPS) is 10.8. The predicted molar refractivity (Wildman–Crippen MR) is 179 cm³/mol. The van der Waals surface area contributed by atoms with Crippen LogP contribution >= 0.6 is 11.6 Å². The first-order chi connectivity index (χ1) is 21.9. The Morgan fingerprint density at radius 1 is 0.800 bits per heavy atom. The van der Waals surface area contributed by atoms with Crippen LogP contribution in [0.1, 0.15) is 106 Å². The van der Waals surface area contributed by atoms with Crippen molar-refractivity contribution in [2.24, 2.45) is 7.05 Å². The van der Waals surface area contributed by atoms with E-state index in [-0.39, 0.29) is 18.7 Å². The van der Waals surface area contributed by atoms with E-state index in [0.29, 0.717) is 28.7 Å². The average molecular weight is 638 g/mol. The van der Waals surface area contributed by atoms with E-state index < -0.39 is 12.0 Å². The number of amides is 2. The molecule has 7 nitrogen and oxygen atoms in total. The number of ether oxygens (including phenoxy) is 3. The van der Waals surface area contributed by atoms with E-state index in [1.807, 2.05) is 42.1 Å². The van der Waals surface area contributed by atoms with Crippen molar-refractivity contribution < 1.29 is 28.4 Å². The number of aromatic nitrogens is 1. The fourth-order valence-electron chi connectivity index (χ4n) is 5.17. The maximum Gasteiger partial charge on any atom is 0.417 e. The number of benzene rings is 2. The molecule has 0 spiro atoms. The molecule has 0 radical (unpaired) electrons. The summed E-state index contributed by atoms with van der Waals surface area (Å²) in [4.78, 5) is 28.0. The molecule has 244 valence electrons. The highest BCUT2D eigenvalue weighted by molar-refractivity contribution is 6.32. The summed E-state index contributed by atoms with van der Waals surface area (Å²) in [5.74, 6) is 0.476. The predicted octanol–water partition coefficient (Wildman–Crippen LogP) is 9.23. The smallest absolute Gasteiger partial charge is 0.417 e. The Balaban J connectivity index is 1.46. The molecule has 8 heteroatoms. The summed E-state index contributed by atoms with van der Waals surface area (Å²) in [5.41, 5.74) is 1.73. The van der Waals surface area contributed by atoms with E-state index in [2.05, 4.69) is 6.92 Å². The number of aryl methyl sites for hydroxylation is 1. The zero-order valence-corrected chi connectivity index (χ0v) is 28.0. The van der Waals surface area contributed by atoms with E-state index in [9.17, 15) is 9.59 Å². The third-order valence-corrected chi connectivity index (χ3v) is 8.19. The fourth-order valence-corrected chi connectivity index (χ4v) is 5.43. The highest BCUT2D eigenvalue weighted by Gasteiger charge is 2.29. The molecule has 3 rings (SSSR count). The van der Waals surface area contributed by atoms with Crippen LogP contribution in [0.25, 0.3) is 0 Å². The zero-order chi connectivity index (χ0) is 32.3. The number of imide groups is 1. The van der Waals surface area contributed by atoms with Gasteiger partial charge in [0.05, 0.1) is 24.3 Å². The van der Waals surface area contributed by atoms with Crippen LogP contribution in [-0.2, 0) is 24.9 Å². The Morgan fingerprint density at radius 3 is 2.09 bits per heavy atom. The number of hydrogen-bond donors (Lipinski definition) is 0. The second kappa shape index (κ2) is 20.5. The van der Waals surface area contributed by atoms with Gasteiger partial charge in [-0.3, -0.25) is 4.79 Å². The Labute approximate surface area is 274 Å². The lowest BCUT2D eigenvalue weighted by atomic mass is 10.1. The van der Waals surface area contributed by atoms with Crippen LogP contribution < -0.4 is 14.0 Å². The summed E-state index contributed by atoms with van der Waals surface area (Å²) in [7, 11) is 3.35. The maximum absolute atomic E-state index is 13.6. The Hall–Kier alpha value is -3.58. The third-order valence-electron chi connectivity index (χ3n) is 7.90. The van der Waals surface area contributed by atoms with E-state index in [4.69, 9.17) is 25.8 Å². The molecule has 2 amide bonds. The van der Waals surface area contributed by atoms with Crippen molar-refractivity contribution in [2.45, 2.75) is 97.1 Å². The summed E-state index contributed by atoms with van der Waals surface area (Å²) in [6.45, 7) is 2.85. The molecule has 45 heavy (non-hydrogen) atoms. The molecule has 0 N–H and O–H groups in total. The van der Waals surface area contributed by atoms with Gasteiger partial charge in [-0.05, 0) is 36.2 Å². The number of rotatable bonds is 20. The van der Waals surface area contributed by atoms with Crippen LogP contribution in [0.3, 0.4) is 0 Å². The van der Waals surface area contributed by atoms with Crippen molar-refractivity contribution >= 4 is 23.6 Å². The molecule has 0 fully saturated rings. The molecular weight excluding hydrogens is 588 g/mol. The van der Waals surface area contributed by atoms with Crippen LogP contribution in [0, 0.1) is 0 Å². The molecule has 1 aromatic heterocycles. The summed E-state index contributed by atoms with van der Waals surface area (Å²) in [6, 6.07) is 17.7. The van der Waals surface area contributed by atoms with Crippen molar-refractivity contribution in [2.75, 3.05) is 13.7 Å². The van der Waals surface area contributed by atoms with Gasteiger partial charge in [-0.15, -0.1) is 0 Å². The molecule has 0 aliphatic heterocycles. The first-order valence-corrected chi connectivity index (χ1v) is 16.8. The number of hydrogen-bond acceptors (Lipinski definition) is 5. The third kappa shape index (κ3) is 12.4. The summed E-state index contributed by atoms with van der Waals surface area (Å²) >= 11 is 6.50. The molecular formula is C37H50ClN2O5+. The van der Waals surface area contributed by atoms with Gasteiger partial charge in [-0.2, -0.15) is 0 Å². The standard InChI is InChI=1S/C37H50ClN2O5/c1-4-5-6-7-8-9-10-11-12-13-14-19-26-44-35-24-23-30(27-33(35)38)29-45-37(42)40(28-31-20-17-18-25-39(31)2)36(41)32-21-15-16-22-34(32)43-3/h15-18,20-25,27H,4-14,19,26,28-29H2,1-3H3/q+1. The minimum absolute atomic E-state index is 0.0275. The zero-order valence-electron chi connectivity index (χ0n) is 27.3. The van der Waals surface area contributed by atoms with Gasteiger partial charge in [0.1, 0.15) is 31.7 Å². The van der Waals surface area contributed by atoms with E-state index >= 15 is 0 Å². The van der Waals surface area contributed by atoms with Crippen molar-refractivity contribution in [1.82, 2.24) is 4.90 Å². The van der Waals surface area contributed by atoms with E-state index in [0.717, 1.165) is 23.4 Å². The largest absolute Gasteiger partial charge is 0.496 e. The highest BCUT2D eigenvalue weighted by atomic mass is 35.5. The monoisotopic (exact) mass is 637 g/mol. The number of methoxy groups -OCH3 is 1. The SMILES string of the molecule is CCCCCCCCCCCCCCOc1ccc(COC(=O)N(Cc2cccc[n+]2C)C(=O)c2ccccc2OC)cc1Cl. The number of unbranched alkanes of at least 4 members (excludes halogenated alkanes) is 11. The number of carbonyl (C=O) groups excluding carboxylic acids is 2. The average Bonchev–Trinajstić information content (AvgIpc) is 3.05. The second-order valence-electron chi connectivity index (χ2n) is 11.5. The van der Waals surface area contributed by atoms with Crippen LogP contribution in [0.5, 0.6) is 11.5 Å². The molecule has 2 aromatic carbocycles. The minimum Gasteiger partial charge on any atom is -0.496 e. The van der Waals surface area contributed by atoms with Gasteiger partial charge in [0.25, 0.3) is 5.91 Å². The van der Waals surface area contributed by atoms with Crippen molar-refractivity contribution in [1.29, 1.82) is 0 Å². The lowest BCUT2D eigenvalue weighted by Crippen LogP contribution is -2.42. The molecule has 0 saturated heterocycles. The molecule has 3 aromatic rings. The van der Waals surface area contributed by atoms with Gasteiger partial charge in [-0.25, -0.2) is 14.3 Å². The molecule has 0 aliphatic rings. The summed E-state index contributed by atoms with van der Waals surface area (Å²) in [6.07, 6.45) is 16.6. The Bertz CT molecular complexity index is 1330. The van der Waals surface area contributed by atoms with Gasteiger partial charge in [-0.1, -0.05) is 113 Å². The van der Waals surface area contributed by atoms with E-state index in [1.165, 1.54) is 71.3 Å². The van der Waals surface area contributed by atoms with Gasteiger partial charge in [0, 0.05) is 12.1 Å². The number of carbonyl (C=O) groups is 2. The second-order valence-corrected chi connectivity index (χ2v) is 11.9. The fraction of sp³-hybridized carbons (Fsp3) is 0.486. The minimum atomic E-state index is -0.766. The Morgan fingerprint density at radius 2 is 1.44 bits per heavy atom. The van der Waals surface area contributed by atoms with Crippen LogP contribution in [-0.4, -0.2) is 30.6 Å². The molecule has 0 saturated carbocycles. The lowest BCUT2D eigenvalue weighted by Gasteiger charge is -2.20. The van der Waals surface area contributed by atoms with Crippen molar-refractivity contribution in [3.8, 4) is 11.5 Å². The molecule has 0 unspecified atom stereocenters. The quantitative estimate of drug-likeness (QED) is 0.0912. The first kappa shape index (κ1) is 35.9. The molecule has 0 atom stereocenters. The highest BCUT2D eigenvalue weighted by Crippen LogP contribution is 2.27. The van der Waals surface area contributed by atoms with Gasteiger partial charge < -0.3 is 14.2 Å². The van der Waals surface area contributed by atoms with Crippen molar-refractivity contribution in [3.05, 3.63) is 88.7 Å². The molecule has 0 bridgehead atoms. The van der Waals surface area contributed by atoms with Crippen LogP contribution in [0.4, 0.5) is 4.79 Å². The van der Waals surface area contributed by atoms with E-state index in [1.54, 1.807) is 36.4 Å². The number of halogens is 1. The van der Waals surface area contributed by atoms with Crippen molar-refractivity contribution in [3.63, 3.8) is 0 Å². The number of nitrogens with zero attached hydrogens (tertiary/aromatic N) is 2. The number of pyridine rings is 1. The van der Waals surface area contributed by atoms with Gasteiger partial charge in [0.15, 0.2) is 6.20 Å². The maximum atomic E-state index is 13.6. The van der Waals surface area contributed by atoms with Gasteiger partial charge in [0.2, 0.25) is 5.69 Å². The first-order valence-electron chi connectivity index (χ1n) is 16.4. The van der Waals surface area contributed by atoms with Crippen LogP contribution in [0.2, 0.25) is 5.02 Å². The molecule has 0 aliphatic carbocycles. The molecule has 1 heterocycles. The summed E-state index contributed by atoms with van der Waals surface area (Å²) < 4.78 is 18.8. The topological polar surface area (TPSA) is 69.0 Å². The lowest BCUT2D eigenvalue weighted by molar-refractivity contribution is -0.679.